The topological polar surface area (TPSA) is 109 Å². The maximum absolute atomic E-state index is 12.3. The summed E-state index contributed by atoms with van der Waals surface area (Å²) in [7, 11) is 3.12. The lowest BCUT2D eigenvalue weighted by molar-refractivity contribution is -0.384. The first-order chi connectivity index (χ1) is 13.0. The van der Waals surface area contributed by atoms with E-state index in [0.717, 1.165) is 0 Å². The predicted molar refractivity (Wildman–Crippen MR) is 97.3 cm³/mol. The number of para-hydroxylation sites is 2. The average Bonchev–Trinajstić information content (AvgIpc) is 3.08. The number of methoxy groups -OCH3 is 1. The fraction of sp³-hybridized carbons (Fsp3) is 0.111. The summed E-state index contributed by atoms with van der Waals surface area (Å²) in [6.45, 7) is 0. The lowest BCUT2D eigenvalue weighted by atomic mass is 10.2. The lowest BCUT2D eigenvalue weighted by Gasteiger charge is -2.12. The number of carbonyl (C=O) groups is 1. The highest BCUT2D eigenvalue weighted by molar-refractivity contribution is 6.03. The molecular weight excluding hydrogens is 352 g/mol. The first kappa shape index (κ1) is 17.9. The molecule has 3 rings (SSSR count). The Morgan fingerprint density at radius 1 is 1.19 bits per heavy atom. The van der Waals surface area contributed by atoms with Crippen LogP contribution in [0.25, 0.3) is 0 Å². The monoisotopic (exact) mass is 368 g/mol. The zero-order chi connectivity index (χ0) is 19.4. The molecule has 0 aliphatic heterocycles. The predicted octanol–water partition coefficient (Wildman–Crippen LogP) is 3.38. The highest BCUT2D eigenvalue weighted by Crippen LogP contribution is 2.34. The number of aryl methyl sites for hydroxylation is 1. The number of nitro groups is 1. The van der Waals surface area contributed by atoms with Crippen LogP contribution in [0.3, 0.4) is 0 Å². The Balaban J connectivity index is 1.92. The lowest BCUT2D eigenvalue weighted by Crippen LogP contribution is -2.16. The highest BCUT2D eigenvalue weighted by Gasteiger charge is 2.16. The standard InChI is InChI=1S/C18H16N4O5/c1-21-15(7-8-19-21)18(23)20-12-9-13(22(24)25)11-14(10-12)27-17-6-4-3-5-16(17)26-2/h3-11H,1-2H3,(H,20,23). The SMILES string of the molecule is COc1ccccc1Oc1cc(NC(=O)c2ccnn2C)cc([N+](=O)[O-])c1. The summed E-state index contributed by atoms with van der Waals surface area (Å²) in [6.07, 6.45) is 1.48. The number of nitro benzene ring substituents is 1. The number of benzene rings is 2. The minimum absolute atomic E-state index is 0.189. The smallest absolute Gasteiger partial charge is 0.275 e. The molecule has 0 bridgehead atoms. The van der Waals surface area contributed by atoms with Crippen LogP contribution in [0.2, 0.25) is 0 Å². The van der Waals surface area contributed by atoms with Crippen LogP contribution in [0.4, 0.5) is 11.4 Å². The van der Waals surface area contributed by atoms with Crippen molar-refractivity contribution in [3.05, 3.63) is 70.5 Å². The normalized spacial score (nSPS) is 10.3. The van der Waals surface area contributed by atoms with E-state index in [1.165, 1.54) is 36.2 Å². The van der Waals surface area contributed by atoms with Gasteiger partial charge in [0.05, 0.1) is 23.8 Å². The molecule has 0 unspecified atom stereocenters. The van der Waals surface area contributed by atoms with E-state index < -0.39 is 10.8 Å². The Morgan fingerprint density at radius 2 is 1.93 bits per heavy atom. The van der Waals surface area contributed by atoms with E-state index in [2.05, 4.69) is 10.4 Å². The Morgan fingerprint density at radius 3 is 2.56 bits per heavy atom. The fourth-order valence-electron chi connectivity index (χ4n) is 2.44. The second-order valence-electron chi connectivity index (χ2n) is 5.52. The first-order valence-electron chi connectivity index (χ1n) is 7.87. The number of carbonyl (C=O) groups excluding carboxylic acids is 1. The van der Waals surface area contributed by atoms with Gasteiger partial charge in [-0.25, -0.2) is 0 Å². The van der Waals surface area contributed by atoms with Crippen LogP contribution in [0.15, 0.2) is 54.7 Å². The van der Waals surface area contributed by atoms with Crippen LogP contribution >= 0.6 is 0 Å². The molecule has 0 saturated heterocycles. The van der Waals surface area contributed by atoms with Crippen LogP contribution in [-0.2, 0) is 7.05 Å². The number of rotatable bonds is 6. The molecule has 138 valence electrons. The Kier molecular flexibility index (Phi) is 5.02. The highest BCUT2D eigenvalue weighted by atomic mass is 16.6. The molecule has 0 radical (unpaired) electrons. The van der Waals surface area contributed by atoms with Crippen molar-refractivity contribution in [2.75, 3.05) is 12.4 Å². The van der Waals surface area contributed by atoms with Gasteiger partial charge in [0.1, 0.15) is 11.4 Å². The molecule has 27 heavy (non-hydrogen) atoms. The number of aromatic nitrogens is 2. The molecule has 1 heterocycles. The van der Waals surface area contributed by atoms with Crippen LogP contribution in [-0.4, -0.2) is 27.7 Å². The third kappa shape index (κ3) is 4.03. The van der Waals surface area contributed by atoms with Gasteiger partial charge in [0.25, 0.3) is 11.6 Å². The molecule has 0 fully saturated rings. The molecule has 0 saturated carbocycles. The van der Waals surface area contributed by atoms with Crippen molar-refractivity contribution in [1.82, 2.24) is 9.78 Å². The zero-order valence-electron chi connectivity index (χ0n) is 14.6. The molecule has 0 atom stereocenters. The third-order valence-electron chi connectivity index (χ3n) is 3.71. The largest absolute Gasteiger partial charge is 0.493 e. The summed E-state index contributed by atoms with van der Waals surface area (Å²) in [4.78, 5) is 23.0. The van der Waals surface area contributed by atoms with Gasteiger partial charge in [-0.2, -0.15) is 5.10 Å². The van der Waals surface area contributed by atoms with Crippen LogP contribution < -0.4 is 14.8 Å². The summed E-state index contributed by atoms with van der Waals surface area (Å²) < 4.78 is 12.3. The molecule has 3 aromatic rings. The summed E-state index contributed by atoms with van der Waals surface area (Å²) >= 11 is 0. The molecule has 0 aliphatic carbocycles. The van der Waals surface area contributed by atoms with Gasteiger partial charge in [-0.15, -0.1) is 0 Å². The van der Waals surface area contributed by atoms with Crippen LogP contribution in [0.5, 0.6) is 17.2 Å². The summed E-state index contributed by atoms with van der Waals surface area (Å²) in [5.41, 5.74) is 0.316. The number of non-ortho nitro benzene ring substituents is 1. The summed E-state index contributed by atoms with van der Waals surface area (Å²) in [5, 5.41) is 17.8. The van der Waals surface area contributed by atoms with Crippen LogP contribution in [0.1, 0.15) is 10.5 Å². The van der Waals surface area contributed by atoms with Crippen molar-refractivity contribution in [2.24, 2.45) is 7.05 Å². The fourth-order valence-corrected chi connectivity index (χ4v) is 2.44. The van der Waals surface area contributed by atoms with E-state index in [4.69, 9.17) is 9.47 Å². The minimum atomic E-state index is -0.561. The van der Waals surface area contributed by atoms with Gasteiger partial charge in [0.15, 0.2) is 11.5 Å². The second-order valence-corrected chi connectivity index (χ2v) is 5.52. The molecule has 9 nitrogen and oxygen atoms in total. The van der Waals surface area contributed by atoms with Crippen molar-refractivity contribution in [2.45, 2.75) is 0 Å². The van der Waals surface area contributed by atoms with Crippen LogP contribution in [0, 0.1) is 10.1 Å². The van der Waals surface area contributed by atoms with Crippen molar-refractivity contribution >= 4 is 17.3 Å². The van der Waals surface area contributed by atoms with E-state index in [0.29, 0.717) is 17.2 Å². The van der Waals surface area contributed by atoms with E-state index in [1.54, 1.807) is 37.4 Å². The molecule has 9 heteroatoms. The molecule has 1 N–H and O–H groups in total. The maximum atomic E-state index is 12.3. The number of anilines is 1. The van der Waals surface area contributed by atoms with Crippen molar-refractivity contribution in [3.8, 4) is 17.2 Å². The van der Waals surface area contributed by atoms with Gasteiger partial charge >= 0.3 is 0 Å². The van der Waals surface area contributed by atoms with Gasteiger partial charge in [-0.05, 0) is 18.2 Å². The number of hydrogen-bond donors (Lipinski definition) is 1. The number of nitrogens with zero attached hydrogens (tertiary/aromatic N) is 3. The number of amides is 1. The summed E-state index contributed by atoms with van der Waals surface area (Å²) in [6, 6.07) is 12.5. The van der Waals surface area contributed by atoms with E-state index in [9.17, 15) is 14.9 Å². The van der Waals surface area contributed by atoms with Gasteiger partial charge < -0.3 is 14.8 Å². The zero-order valence-corrected chi connectivity index (χ0v) is 14.6. The second kappa shape index (κ2) is 7.56. The minimum Gasteiger partial charge on any atom is -0.493 e. The number of ether oxygens (including phenoxy) is 2. The number of hydrogen-bond acceptors (Lipinski definition) is 6. The number of nitrogens with one attached hydrogen (secondary N) is 1. The molecule has 0 spiro atoms. The third-order valence-corrected chi connectivity index (χ3v) is 3.71. The van der Waals surface area contributed by atoms with Gasteiger partial charge in [-0.1, -0.05) is 12.1 Å². The Bertz CT molecular complexity index is 999. The average molecular weight is 368 g/mol. The quantitative estimate of drug-likeness (QED) is 0.528. The molecule has 1 amide bonds. The molecule has 2 aromatic carbocycles. The van der Waals surface area contributed by atoms with Gasteiger partial charge in [0, 0.05) is 25.4 Å². The molecule has 0 aliphatic rings. The Hall–Kier alpha value is -3.88. The molecule has 1 aromatic heterocycles. The van der Waals surface area contributed by atoms with Crippen molar-refractivity contribution < 1.29 is 19.2 Å². The Labute approximate surface area is 154 Å². The van der Waals surface area contributed by atoms with E-state index >= 15 is 0 Å². The van der Waals surface area contributed by atoms with Gasteiger partial charge in [-0.3, -0.25) is 19.6 Å². The van der Waals surface area contributed by atoms with E-state index in [-0.39, 0.29) is 17.1 Å². The summed E-state index contributed by atoms with van der Waals surface area (Å²) in [5.74, 6) is 0.613. The van der Waals surface area contributed by atoms with Crippen molar-refractivity contribution in [1.29, 1.82) is 0 Å². The maximum Gasteiger partial charge on any atom is 0.275 e. The van der Waals surface area contributed by atoms with Gasteiger partial charge in [0.2, 0.25) is 0 Å². The van der Waals surface area contributed by atoms with E-state index in [1.807, 2.05) is 0 Å². The molecular formula is C18H16N4O5. The van der Waals surface area contributed by atoms with Crippen molar-refractivity contribution in [3.63, 3.8) is 0 Å². The first-order valence-corrected chi connectivity index (χ1v) is 7.87.